The highest BCUT2D eigenvalue weighted by molar-refractivity contribution is 7.15. The lowest BCUT2D eigenvalue weighted by atomic mass is 10.1. The molecule has 3 aromatic rings. The van der Waals surface area contributed by atoms with Crippen LogP contribution in [0.5, 0.6) is 0 Å². The molecule has 0 aliphatic heterocycles. The Labute approximate surface area is 155 Å². The van der Waals surface area contributed by atoms with Gasteiger partial charge in [0.25, 0.3) is 5.91 Å². The fourth-order valence-corrected chi connectivity index (χ4v) is 3.76. The molecule has 0 radical (unpaired) electrons. The number of amides is 1. The van der Waals surface area contributed by atoms with Gasteiger partial charge in [0.2, 0.25) is 5.13 Å². The second-order valence-electron chi connectivity index (χ2n) is 5.92. The van der Waals surface area contributed by atoms with E-state index in [0.29, 0.717) is 28.0 Å². The fraction of sp³-hybridized carbons (Fsp3) is 0.333. The fourth-order valence-electron chi connectivity index (χ4n) is 2.75. The maximum Gasteiger partial charge on any atom is 0.260 e. The SMILES string of the molecule is CCC(CC)c1nnc(NC(=O)c2cnn(-c3ccccc3F)c2C)s1. The topological polar surface area (TPSA) is 72.7 Å². The van der Waals surface area contributed by atoms with Gasteiger partial charge in [-0.15, -0.1) is 10.2 Å². The van der Waals surface area contributed by atoms with Crippen LogP contribution >= 0.6 is 11.3 Å². The van der Waals surface area contributed by atoms with Crippen LogP contribution in [0.25, 0.3) is 5.69 Å². The zero-order valence-electron chi connectivity index (χ0n) is 14.9. The highest BCUT2D eigenvalue weighted by Gasteiger charge is 2.19. The third kappa shape index (κ3) is 3.50. The van der Waals surface area contributed by atoms with E-state index in [1.807, 2.05) is 0 Å². The number of benzene rings is 1. The number of anilines is 1. The van der Waals surface area contributed by atoms with Crippen molar-refractivity contribution in [1.82, 2.24) is 20.0 Å². The van der Waals surface area contributed by atoms with Crippen molar-refractivity contribution in [2.45, 2.75) is 39.5 Å². The molecule has 1 amide bonds. The first kappa shape index (κ1) is 18.2. The standard InChI is InChI=1S/C18H20FN5OS/c1-4-12(5-2)17-22-23-18(26-17)21-16(25)13-10-20-24(11(13)3)15-9-7-6-8-14(15)19/h6-10,12H,4-5H2,1-3H3,(H,21,23,25). The molecule has 0 bridgehead atoms. The molecule has 26 heavy (non-hydrogen) atoms. The predicted octanol–water partition coefficient (Wildman–Crippen LogP) is 4.33. The quantitative estimate of drug-likeness (QED) is 0.698. The molecular weight excluding hydrogens is 353 g/mol. The molecule has 0 unspecified atom stereocenters. The van der Waals surface area contributed by atoms with E-state index in [2.05, 4.69) is 34.5 Å². The van der Waals surface area contributed by atoms with Crippen molar-refractivity contribution >= 4 is 22.4 Å². The third-order valence-electron chi connectivity index (χ3n) is 4.33. The van der Waals surface area contributed by atoms with Crippen LogP contribution in [0.15, 0.2) is 30.5 Å². The van der Waals surface area contributed by atoms with Crippen LogP contribution < -0.4 is 5.32 Å². The Morgan fingerprint density at radius 3 is 2.69 bits per heavy atom. The van der Waals surface area contributed by atoms with Crippen LogP contribution in [-0.2, 0) is 0 Å². The number of hydrogen-bond acceptors (Lipinski definition) is 5. The van der Waals surface area contributed by atoms with E-state index in [1.54, 1.807) is 25.1 Å². The number of carbonyl (C=O) groups excluding carboxylic acids is 1. The van der Waals surface area contributed by atoms with E-state index in [1.165, 1.54) is 28.3 Å². The summed E-state index contributed by atoms with van der Waals surface area (Å²) in [5, 5.41) is 16.5. The Morgan fingerprint density at radius 2 is 2.00 bits per heavy atom. The van der Waals surface area contributed by atoms with Crippen LogP contribution in [0.1, 0.15) is 53.7 Å². The summed E-state index contributed by atoms with van der Waals surface area (Å²) in [4.78, 5) is 12.6. The number of halogens is 1. The van der Waals surface area contributed by atoms with Crippen LogP contribution in [0.2, 0.25) is 0 Å². The van der Waals surface area contributed by atoms with Gasteiger partial charge in [-0.05, 0) is 31.9 Å². The maximum absolute atomic E-state index is 14.0. The van der Waals surface area contributed by atoms with Crippen molar-refractivity contribution < 1.29 is 9.18 Å². The minimum atomic E-state index is -0.399. The number of para-hydroxylation sites is 1. The summed E-state index contributed by atoms with van der Waals surface area (Å²) >= 11 is 1.38. The van der Waals surface area contributed by atoms with Crippen molar-refractivity contribution in [3.63, 3.8) is 0 Å². The van der Waals surface area contributed by atoms with Gasteiger partial charge < -0.3 is 0 Å². The predicted molar refractivity (Wildman–Crippen MR) is 99.4 cm³/mol. The minimum absolute atomic E-state index is 0.302. The molecule has 136 valence electrons. The van der Waals surface area contributed by atoms with Crippen LogP contribution in [0.4, 0.5) is 9.52 Å². The summed E-state index contributed by atoms with van der Waals surface area (Å²) in [6, 6.07) is 6.30. The van der Waals surface area contributed by atoms with E-state index in [4.69, 9.17) is 0 Å². The highest BCUT2D eigenvalue weighted by Crippen LogP contribution is 2.28. The monoisotopic (exact) mass is 373 g/mol. The average molecular weight is 373 g/mol. The summed E-state index contributed by atoms with van der Waals surface area (Å²) in [5.74, 6) is -0.384. The van der Waals surface area contributed by atoms with Gasteiger partial charge in [-0.2, -0.15) is 5.10 Å². The number of rotatable bonds is 6. The first-order valence-corrected chi connectivity index (χ1v) is 9.31. The van der Waals surface area contributed by atoms with Crippen LogP contribution in [0, 0.1) is 12.7 Å². The Balaban J connectivity index is 1.80. The van der Waals surface area contributed by atoms with Crippen molar-refractivity contribution in [2.24, 2.45) is 0 Å². The van der Waals surface area contributed by atoms with E-state index in [0.717, 1.165) is 17.8 Å². The molecule has 2 heterocycles. The van der Waals surface area contributed by atoms with Crippen molar-refractivity contribution in [2.75, 3.05) is 5.32 Å². The summed E-state index contributed by atoms with van der Waals surface area (Å²) in [6.07, 6.45) is 3.39. The van der Waals surface area contributed by atoms with E-state index < -0.39 is 5.82 Å². The lowest BCUT2D eigenvalue weighted by molar-refractivity contribution is 0.102. The smallest absolute Gasteiger partial charge is 0.260 e. The molecule has 0 aliphatic carbocycles. The molecule has 0 aliphatic rings. The van der Waals surface area contributed by atoms with Gasteiger partial charge in [0.15, 0.2) is 0 Å². The van der Waals surface area contributed by atoms with Gasteiger partial charge in [-0.1, -0.05) is 37.3 Å². The molecular formula is C18H20FN5OS. The highest BCUT2D eigenvalue weighted by atomic mass is 32.1. The van der Waals surface area contributed by atoms with Gasteiger partial charge >= 0.3 is 0 Å². The van der Waals surface area contributed by atoms with E-state index in [9.17, 15) is 9.18 Å². The third-order valence-corrected chi connectivity index (χ3v) is 5.33. The molecule has 0 fully saturated rings. The summed E-state index contributed by atoms with van der Waals surface area (Å²) in [5.41, 5.74) is 1.22. The zero-order chi connectivity index (χ0) is 18.7. The van der Waals surface area contributed by atoms with Gasteiger partial charge in [0, 0.05) is 5.92 Å². The zero-order valence-corrected chi connectivity index (χ0v) is 15.7. The Morgan fingerprint density at radius 1 is 1.27 bits per heavy atom. The Hall–Kier alpha value is -2.61. The second kappa shape index (κ2) is 7.74. The first-order valence-electron chi connectivity index (χ1n) is 8.49. The van der Waals surface area contributed by atoms with Gasteiger partial charge in [-0.25, -0.2) is 9.07 Å². The van der Waals surface area contributed by atoms with Gasteiger partial charge in [0.1, 0.15) is 16.5 Å². The van der Waals surface area contributed by atoms with Gasteiger partial charge in [-0.3, -0.25) is 10.1 Å². The summed E-state index contributed by atoms with van der Waals surface area (Å²) in [6.45, 7) is 5.94. The van der Waals surface area contributed by atoms with Crippen molar-refractivity contribution in [1.29, 1.82) is 0 Å². The number of hydrogen-bond donors (Lipinski definition) is 1. The van der Waals surface area contributed by atoms with Crippen molar-refractivity contribution in [3.05, 3.63) is 52.5 Å². The molecule has 0 atom stereocenters. The Kier molecular flexibility index (Phi) is 5.41. The van der Waals surface area contributed by atoms with Crippen LogP contribution in [0.3, 0.4) is 0 Å². The molecule has 3 rings (SSSR count). The largest absolute Gasteiger partial charge is 0.296 e. The number of nitrogens with one attached hydrogen (secondary N) is 1. The van der Waals surface area contributed by atoms with Crippen LogP contribution in [-0.4, -0.2) is 25.9 Å². The number of aromatic nitrogens is 4. The normalized spacial score (nSPS) is 11.1. The Bertz CT molecular complexity index is 916. The molecule has 2 aromatic heterocycles. The second-order valence-corrected chi connectivity index (χ2v) is 6.93. The lowest BCUT2D eigenvalue weighted by Gasteiger charge is -2.06. The molecule has 0 saturated heterocycles. The molecule has 6 nitrogen and oxygen atoms in total. The van der Waals surface area contributed by atoms with E-state index >= 15 is 0 Å². The average Bonchev–Trinajstić information content (AvgIpc) is 3.24. The number of nitrogens with zero attached hydrogens (tertiary/aromatic N) is 4. The minimum Gasteiger partial charge on any atom is -0.296 e. The summed E-state index contributed by atoms with van der Waals surface area (Å²) in [7, 11) is 0. The molecule has 1 aromatic carbocycles. The number of carbonyl (C=O) groups is 1. The molecule has 8 heteroatoms. The van der Waals surface area contributed by atoms with Crippen molar-refractivity contribution in [3.8, 4) is 5.69 Å². The summed E-state index contributed by atoms with van der Waals surface area (Å²) < 4.78 is 15.4. The maximum atomic E-state index is 14.0. The molecule has 0 spiro atoms. The lowest BCUT2D eigenvalue weighted by Crippen LogP contribution is -2.13. The first-order chi connectivity index (χ1) is 12.5. The van der Waals surface area contributed by atoms with E-state index in [-0.39, 0.29) is 5.91 Å². The van der Waals surface area contributed by atoms with Gasteiger partial charge in [0.05, 0.1) is 17.5 Å². The molecule has 1 N–H and O–H groups in total. The molecule has 0 saturated carbocycles.